The van der Waals surface area contributed by atoms with E-state index in [0.717, 1.165) is 58.8 Å². The van der Waals surface area contributed by atoms with Gasteiger partial charge in [0, 0.05) is 36.8 Å². The summed E-state index contributed by atoms with van der Waals surface area (Å²) in [6.07, 6.45) is 3.94. The van der Waals surface area contributed by atoms with Crippen molar-refractivity contribution in [3.05, 3.63) is 48.0 Å². The number of piperidine rings is 1. The fourth-order valence-electron chi connectivity index (χ4n) is 4.59. The number of aryl methyl sites for hydroxylation is 1. The largest absolute Gasteiger partial charge is 0.492 e. The van der Waals surface area contributed by atoms with Crippen molar-refractivity contribution in [2.75, 3.05) is 38.1 Å². The predicted molar refractivity (Wildman–Crippen MR) is 128 cm³/mol. The number of aromatic nitrogens is 1. The Morgan fingerprint density at radius 1 is 1.03 bits per heavy atom. The molecule has 31 heavy (non-hydrogen) atoms. The molecule has 0 unspecified atom stereocenters. The van der Waals surface area contributed by atoms with Gasteiger partial charge in [0.05, 0.1) is 16.8 Å². The van der Waals surface area contributed by atoms with Crippen LogP contribution in [0.2, 0.25) is 0 Å². The van der Waals surface area contributed by atoms with E-state index in [-0.39, 0.29) is 0 Å². The van der Waals surface area contributed by atoms with Gasteiger partial charge in [-0.05, 0) is 69.6 Å². The maximum atomic E-state index is 9.97. The third-order valence-electron chi connectivity index (χ3n) is 6.13. The second-order valence-electron chi connectivity index (χ2n) is 8.12. The van der Waals surface area contributed by atoms with E-state index in [9.17, 15) is 5.26 Å². The topological polar surface area (TPSA) is 53.2 Å². The lowest BCUT2D eigenvalue weighted by Gasteiger charge is -2.26. The molecule has 1 saturated heterocycles. The molecule has 0 aliphatic carbocycles. The molecule has 0 radical (unpaired) electrons. The van der Waals surface area contributed by atoms with Crippen molar-refractivity contribution in [1.29, 1.82) is 5.26 Å². The molecule has 2 aromatic carbocycles. The second kappa shape index (κ2) is 9.89. The summed E-state index contributed by atoms with van der Waals surface area (Å²) in [6, 6.07) is 16.9. The van der Waals surface area contributed by atoms with E-state index in [1.807, 2.05) is 12.1 Å². The Hall–Kier alpha value is -2.97. The Bertz CT molecular complexity index is 1060. The number of hydrogen-bond donors (Lipinski definition) is 1. The molecule has 0 spiro atoms. The Kier molecular flexibility index (Phi) is 6.79. The van der Waals surface area contributed by atoms with Crippen LogP contribution >= 0.6 is 0 Å². The molecule has 0 bridgehead atoms. The standard InChI is InChI=1S/C26H32N4O/c1-3-28-21-10-8-20(9-11-21)26-24(19-27)23-13-12-22(18-25(23)30(26)4-2)31-17-16-29-14-6-5-7-15-29/h8-13,18,28H,3-7,14-17H2,1-2H3. The van der Waals surface area contributed by atoms with Gasteiger partial charge < -0.3 is 14.6 Å². The molecule has 1 aromatic heterocycles. The molecule has 5 heteroatoms. The lowest BCUT2D eigenvalue weighted by molar-refractivity contribution is 0.183. The van der Waals surface area contributed by atoms with Crippen molar-refractivity contribution in [3.63, 3.8) is 0 Å². The van der Waals surface area contributed by atoms with Crippen molar-refractivity contribution >= 4 is 16.6 Å². The van der Waals surface area contributed by atoms with Crippen molar-refractivity contribution in [2.45, 2.75) is 39.7 Å². The van der Waals surface area contributed by atoms with Gasteiger partial charge in [-0.3, -0.25) is 4.90 Å². The summed E-state index contributed by atoms with van der Waals surface area (Å²) >= 11 is 0. The van der Waals surface area contributed by atoms with Gasteiger partial charge in [0.25, 0.3) is 0 Å². The SMILES string of the molecule is CCNc1ccc(-c2c(C#N)c3ccc(OCCN4CCCCC4)cc3n2CC)cc1. The highest BCUT2D eigenvalue weighted by atomic mass is 16.5. The second-order valence-corrected chi connectivity index (χ2v) is 8.12. The normalized spacial score (nSPS) is 14.5. The van der Waals surface area contributed by atoms with E-state index in [2.05, 4.69) is 65.0 Å². The van der Waals surface area contributed by atoms with Gasteiger partial charge in [-0.2, -0.15) is 5.26 Å². The number of benzene rings is 2. The smallest absolute Gasteiger partial charge is 0.121 e. The molecule has 162 valence electrons. The fraction of sp³-hybridized carbons (Fsp3) is 0.423. The van der Waals surface area contributed by atoms with Gasteiger partial charge in [-0.25, -0.2) is 0 Å². The van der Waals surface area contributed by atoms with Gasteiger partial charge in [-0.15, -0.1) is 0 Å². The molecule has 0 atom stereocenters. The minimum atomic E-state index is 0.697. The maximum Gasteiger partial charge on any atom is 0.121 e. The summed E-state index contributed by atoms with van der Waals surface area (Å²) in [7, 11) is 0. The van der Waals surface area contributed by atoms with Crippen LogP contribution in [-0.4, -0.2) is 42.3 Å². The molecular weight excluding hydrogens is 384 g/mol. The Morgan fingerprint density at radius 3 is 2.48 bits per heavy atom. The first-order chi connectivity index (χ1) is 15.2. The summed E-state index contributed by atoms with van der Waals surface area (Å²) in [5.74, 6) is 0.871. The average molecular weight is 417 g/mol. The lowest BCUT2D eigenvalue weighted by atomic mass is 10.1. The molecule has 1 N–H and O–H groups in total. The molecule has 5 nitrogen and oxygen atoms in total. The Morgan fingerprint density at radius 2 is 1.81 bits per heavy atom. The number of fused-ring (bicyclic) bond motifs is 1. The zero-order chi connectivity index (χ0) is 21.6. The van der Waals surface area contributed by atoms with Gasteiger partial charge in [0.1, 0.15) is 18.4 Å². The number of hydrogen-bond acceptors (Lipinski definition) is 4. The maximum absolute atomic E-state index is 9.97. The van der Waals surface area contributed by atoms with Crippen LogP contribution in [0.3, 0.4) is 0 Å². The highest BCUT2D eigenvalue weighted by molar-refractivity contribution is 5.95. The Labute approximate surface area is 185 Å². The Balaban J connectivity index is 1.62. The van der Waals surface area contributed by atoms with E-state index in [0.29, 0.717) is 6.61 Å². The molecule has 1 aliphatic heterocycles. The highest BCUT2D eigenvalue weighted by Gasteiger charge is 2.18. The van der Waals surface area contributed by atoms with Gasteiger partial charge >= 0.3 is 0 Å². The van der Waals surface area contributed by atoms with E-state index in [1.165, 1.54) is 32.4 Å². The van der Waals surface area contributed by atoms with Gasteiger partial charge in [-0.1, -0.05) is 18.6 Å². The molecule has 0 amide bonds. The minimum absolute atomic E-state index is 0.697. The zero-order valence-corrected chi connectivity index (χ0v) is 18.7. The van der Waals surface area contributed by atoms with Gasteiger partial charge in [0.2, 0.25) is 0 Å². The van der Waals surface area contributed by atoms with Crippen LogP contribution in [-0.2, 0) is 6.54 Å². The van der Waals surface area contributed by atoms with E-state index in [4.69, 9.17) is 4.74 Å². The molecule has 4 rings (SSSR count). The first-order valence-corrected chi connectivity index (χ1v) is 11.5. The third kappa shape index (κ3) is 4.55. The zero-order valence-electron chi connectivity index (χ0n) is 18.7. The van der Waals surface area contributed by atoms with E-state index in [1.54, 1.807) is 0 Å². The lowest BCUT2D eigenvalue weighted by Crippen LogP contribution is -2.33. The third-order valence-corrected chi connectivity index (χ3v) is 6.13. The molecule has 1 aliphatic rings. The monoisotopic (exact) mass is 416 g/mol. The fourth-order valence-corrected chi connectivity index (χ4v) is 4.59. The van der Waals surface area contributed by atoms with Gasteiger partial charge in [0.15, 0.2) is 0 Å². The summed E-state index contributed by atoms with van der Waals surface area (Å²) in [4.78, 5) is 2.49. The number of nitriles is 1. The van der Waals surface area contributed by atoms with Crippen LogP contribution in [0.1, 0.15) is 38.7 Å². The molecule has 0 saturated carbocycles. The summed E-state index contributed by atoms with van der Waals surface area (Å²) < 4.78 is 8.33. The molecular formula is C26H32N4O. The van der Waals surface area contributed by atoms with E-state index >= 15 is 0 Å². The van der Waals surface area contributed by atoms with Crippen LogP contribution in [0.15, 0.2) is 42.5 Å². The van der Waals surface area contributed by atoms with Crippen molar-refractivity contribution in [3.8, 4) is 23.1 Å². The predicted octanol–water partition coefficient (Wildman–Crippen LogP) is 5.50. The summed E-state index contributed by atoms with van der Waals surface area (Å²) in [5.41, 5.74) is 4.92. The number of nitrogens with zero attached hydrogens (tertiary/aromatic N) is 3. The number of nitrogens with one attached hydrogen (secondary N) is 1. The molecule has 3 aromatic rings. The highest BCUT2D eigenvalue weighted by Crippen LogP contribution is 2.35. The minimum Gasteiger partial charge on any atom is -0.492 e. The summed E-state index contributed by atoms with van der Waals surface area (Å²) in [5, 5.41) is 14.3. The van der Waals surface area contributed by atoms with Crippen molar-refractivity contribution in [1.82, 2.24) is 9.47 Å². The number of anilines is 1. The average Bonchev–Trinajstić information content (AvgIpc) is 3.13. The van der Waals surface area contributed by atoms with Crippen molar-refractivity contribution < 1.29 is 4.74 Å². The number of likely N-dealkylation sites (tertiary alicyclic amines) is 1. The van der Waals surface area contributed by atoms with Crippen LogP contribution in [0.25, 0.3) is 22.2 Å². The molecule has 1 fully saturated rings. The van der Waals surface area contributed by atoms with Crippen LogP contribution in [0.4, 0.5) is 5.69 Å². The molecule has 2 heterocycles. The quantitative estimate of drug-likeness (QED) is 0.527. The van der Waals surface area contributed by atoms with E-state index < -0.39 is 0 Å². The van der Waals surface area contributed by atoms with Crippen LogP contribution in [0, 0.1) is 11.3 Å². The first-order valence-electron chi connectivity index (χ1n) is 11.5. The van der Waals surface area contributed by atoms with Crippen LogP contribution in [0.5, 0.6) is 5.75 Å². The van der Waals surface area contributed by atoms with Crippen LogP contribution < -0.4 is 10.1 Å². The van der Waals surface area contributed by atoms with Crippen molar-refractivity contribution in [2.24, 2.45) is 0 Å². The number of rotatable bonds is 8. The summed E-state index contributed by atoms with van der Waals surface area (Å²) in [6.45, 7) is 9.93. The number of ether oxygens (including phenoxy) is 1. The first kappa shape index (κ1) is 21.3.